The number of anilines is 1. The van der Waals surface area contributed by atoms with Gasteiger partial charge in [0.05, 0.1) is 11.4 Å². The number of rotatable bonds is 1. The van der Waals surface area contributed by atoms with Gasteiger partial charge >= 0.3 is 0 Å². The zero-order valence-corrected chi connectivity index (χ0v) is 13.3. The van der Waals surface area contributed by atoms with E-state index >= 15 is 0 Å². The van der Waals surface area contributed by atoms with Crippen LogP contribution in [0.2, 0.25) is 0 Å². The summed E-state index contributed by atoms with van der Waals surface area (Å²) in [5.74, 6) is 0.0515. The molecule has 0 saturated carbocycles. The number of hydrogen-bond acceptors (Lipinski definition) is 3. The van der Waals surface area contributed by atoms with Gasteiger partial charge in [0.25, 0.3) is 5.91 Å². The van der Waals surface area contributed by atoms with E-state index in [9.17, 15) is 4.79 Å². The van der Waals surface area contributed by atoms with Gasteiger partial charge in [-0.2, -0.15) is 5.10 Å². The maximum absolute atomic E-state index is 12.9. The second-order valence-corrected chi connectivity index (χ2v) is 6.21. The monoisotopic (exact) mass is 312 g/mol. The van der Waals surface area contributed by atoms with E-state index < -0.39 is 0 Å². The van der Waals surface area contributed by atoms with Gasteiger partial charge in [0.15, 0.2) is 5.11 Å². The molecule has 1 amide bonds. The zero-order chi connectivity index (χ0) is 15.4. The molecule has 0 unspecified atom stereocenters. The van der Waals surface area contributed by atoms with Crippen LogP contribution in [0.4, 0.5) is 5.69 Å². The molecule has 0 bridgehead atoms. The van der Waals surface area contributed by atoms with Crippen LogP contribution in [0.5, 0.6) is 0 Å². The van der Waals surface area contributed by atoms with E-state index in [1.165, 1.54) is 11.1 Å². The fourth-order valence-corrected chi connectivity index (χ4v) is 3.72. The van der Waals surface area contributed by atoms with E-state index in [-0.39, 0.29) is 11.9 Å². The molecule has 6 heteroatoms. The third-order valence-corrected chi connectivity index (χ3v) is 4.84. The normalized spacial score (nSPS) is 20.4. The summed E-state index contributed by atoms with van der Waals surface area (Å²) in [6.07, 6.45) is 2.57. The lowest BCUT2D eigenvalue weighted by atomic mass is 9.95. The second-order valence-electron chi connectivity index (χ2n) is 5.85. The number of aryl methyl sites for hydroxylation is 2. The van der Waals surface area contributed by atoms with Gasteiger partial charge in [0, 0.05) is 26.2 Å². The lowest BCUT2D eigenvalue weighted by Crippen LogP contribution is -2.39. The Labute approximate surface area is 134 Å². The zero-order valence-electron chi connectivity index (χ0n) is 12.5. The minimum atomic E-state index is -0.193. The molecule has 1 aromatic carbocycles. The van der Waals surface area contributed by atoms with Gasteiger partial charge < -0.3 is 4.90 Å². The average molecular weight is 312 g/mol. The van der Waals surface area contributed by atoms with Crippen LogP contribution in [0, 0.1) is 6.92 Å². The van der Waals surface area contributed by atoms with Crippen molar-refractivity contribution in [1.29, 1.82) is 0 Å². The highest BCUT2D eigenvalue weighted by Crippen LogP contribution is 2.33. The van der Waals surface area contributed by atoms with Gasteiger partial charge in [-0.15, -0.1) is 0 Å². The minimum absolute atomic E-state index is 0.0515. The van der Waals surface area contributed by atoms with Crippen LogP contribution in [-0.2, 0) is 24.8 Å². The van der Waals surface area contributed by atoms with Crippen LogP contribution >= 0.6 is 12.2 Å². The summed E-state index contributed by atoms with van der Waals surface area (Å²) in [7, 11) is 1.85. The third-order valence-electron chi connectivity index (χ3n) is 4.42. The molecule has 2 aliphatic rings. The molecule has 0 aliphatic carbocycles. The number of carbonyl (C=O) groups is 1. The molecule has 0 spiro atoms. The number of hydrogen-bond donors (Lipinski definition) is 0. The van der Waals surface area contributed by atoms with E-state index in [0.29, 0.717) is 18.1 Å². The molecule has 0 N–H and O–H groups in total. The smallest absolute Gasteiger partial charge is 0.256 e. The predicted octanol–water partition coefficient (Wildman–Crippen LogP) is 1.79. The van der Waals surface area contributed by atoms with Crippen LogP contribution < -0.4 is 4.90 Å². The van der Waals surface area contributed by atoms with Crippen molar-refractivity contribution in [2.75, 3.05) is 4.90 Å². The summed E-state index contributed by atoms with van der Waals surface area (Å²) in [6.45, 7) is 2.60. The highest BCUT2D eigenvalue weighted by Gasteiger charge is 2.46. The first kappa shape index (κ1) is 13.5. The first-order chi connectivity index (χ1) is 10.6. The van der Waals surface area contributed by atoms with Crippen molar-refractivity contribution < 1.29 is 4.79 Å². The highest BCUT2D eigenvalue weighted by atomic mass is 32.1. The van der Waals surface area contributed by atoms with Crippen molar-refractivity contribution in [2.45, 2.75) is 25.9 Å². The molecule has 1 atom stereocenters. The quantitative estimate of drug-likeness (QED) is 0.753. The molecule has 0 radical (unpaired) electrons. The maximum atomic E-state index is 12.9. The fraction of sp³-hybridized carbons (Fsp3) is 0.312. The standard InChI is InChI=1S/C16H16N4OS/c1-10-14(9-18(2)17-10)20-15(21)13-7-11-5-3-4-6-12(11)8-19(13)16(20)22/h3-6,9,13H,7-8H2,1-2H3/t13-/m0/s1. The minimum Gasteiger partial charge on any atom is -0.332 e. The summed E-state index contributed by atoms with van der Waals surface area (Å²) >= 11 is 5.59. The summed E-state index contributed by atoms with van der Waals surface area (Å²) in [5.41, 5.74) is 4.09. The molecule has 1 saturated heterocycles. The Morgan fingerprint density at radius 1 is 1.27 bits per heavy atom. The van der Waals surface area contributed by atoms with Crippen LogP contribution in [0.1, 0.15) is 16.8 Å². The first-order valence-corrected chi connectivity index (χ1v) is 7.68. The Hall–Kier alpha value is -2.21. The molecular formula is C16H16N4OS. The van der Waals surface area contributed by atoms with Gasteiger partial charge in [0.2, 0.25) is 0 Å². The molecule has 22 heavy (non-hydrogen) atoms. The van der Waals surface area contributed by atoms with Crippen molar-refractivity contribution in [3.8, 4) is 0 Å². The Morgan fingerprint density at radius 3 is 2.68 bits per heavy atom. The molecule has 3 heterocycles. The van der Waals surface area contributed by atoms with Crippen molar-refractivity contribution >= 4 is 28.9 Å². The lowest BCUT2D eigenvalue weighted by molar-refractivity contribution is -0.120. The highest BCUT2D eigenvalue weighted by molar-refractivity contribution is 7.80. The van der Waals surface area contributed by atoms with Gasteiger partial charge in [-0.25, -0.2) is 0 Å². The summed E-state index contributed by atoms with van der Waals surface area (Å²) < 4.78 is 1.71. The molecule has 1 aromatic heterocycles. The van der Waals surface area contributed by atoms with Crippen molar-refractivity contribution in [3.63, 3.8) is 0 Å². The van der Waals surface area contributed by atoms with E-state index in [4.69, 9.17) is 12.2 Å². The number of thiocarbonyl (C=S) groups is 1. The maximum Gasteiger partial charge on any atom is 0.256 e. The molecular weight excluding hydrogens is 296 g/mol. The molecule has 112 valence electrons. The number of amides is 1. The number of nitrogens with zero attached hydrogens (tertiary/aromatic N) is 4. The van der Waals surface area contributed by atoms with Gasteiger partial charge in [-0.05, 0) is 30.3 Å². The molecule has 1 fully saturated rings. The number of fused-ring (bicyclic) bond motifs is 2. The lowest BCUT2D eigenvalue weighted by Gasteiger charge is -2.30. The third kappa shape index (κ3) is 1.80. The number of carbonyl (C=O) groups excluding carboxylic acids is 1. The molecule has 5 nitrogen and oxygen atoms in total. The topological polar surface area (TPSA) is 41.4 Å². The van der Waals surface area contributed by atoms with Gasteiger partial charge in [0.1, 0.15) is 6.04 Å². The largest absolute Gasteiger partial charge is 0.332 e. The van der Waals surface area contributed by atoms with E-state index in [0.717, 1.165) is 11.4 Å². The fourth-order valence-electron chi connectivity index (χ4n) is 3.34. The molecule has 4 rings (SSSR count). The predicted molar refractivity (Wildman–Crippen MR) is 87.5 cm³/mol. The number of benzene rings is 1. The second kappa shape index (κ2) is 4.64. The Kier molecular flexibility index (Phi) is 2.84. The van der Waals surface area contributed by atoms with Crippen LogP contribution in [0.25, 0.3) is 0 Å². The Morgan fingerprint density at radius 2 is 2.00 bits per heavy atom. The Balaban J connectivity index is 1.74. The summed E-state index contributed by atoms with van der Waals surface area (Å²) in [4.78, 5) is 16.6. The van der Waals surface area contributed by atoms with E-state index in [1.54, 1.807) is 9.58 Å². The van der Waals surface area contributed by atoms with Crippen LogP contribution in [0.15, 0.2) is 30.5 Å². The van der Waals surface area contributed by atoms with Crippen LogP contribution in [0.3, 0.4) is 0 Å². The van der Waals surface area contributed by atoms with Gasteiger partial charge in [-0.1, -0.05) is 24.3 Å². The van der Waals surface area contributed by atoms with Crippen molar-refractivity contribution in [1.82, 2.24) is 14.7 Å². The van der Waals surface area contributed by atoms with Crippen molar-refractivity contribution in [3.05, 3.63) is 47.3 Å². The van der Waals surface area contributed by atoms with Gasteiger partial charge in [-0.3, -0.25) is 14.4 Å². The SMILES string of the molecule is Cc1nn(C)cc1N1C(=O)[C@@H]2Cc3ccccc3CN2C1=S. The van der Waals surface area contributed by atoms with E-state index in [2.05, 4.69) is 17.2 Å². The Bertz CT molecular complexity index is 754. The number of aromatic nitrogens is 2. The van der Waals surface area contributed by atoms with E-state index in [1.807, 2.05) is 37.2 Å². The first-order valence-electron chi connectivity index (χ1n) is 7.28. The molecule has 2 aromatic rings. The summed E-state index contributed by atoms with van der Waals surface area (Å²) in [6, 6.07) is 8.07. The van der Waals surface area contributed by atoms with Crippen LogP contribution in [-0.4, -0.2) is 31.7 Å². The van der Waals surface area contributed by atoms with Crippen molar-refractivity contribution in [2.24, 2.45) is 7.05 Å². The molecule has 2 aliphatic heterocycles. The average Bonchev–Trinajstić information content (AvgIpc) is 2.95. The summed E-state index contributed by atoms with van der Waals surface area (Å²) in [5, 5.41) is 4.91.